The molecule has 0 aromatic carbocycles. The second-order valence-electron chi connectivity index (χ2n) is 4.66. The fraction of sp³-hybridized carbons (Fsp3) is 0.692. The van der Waals surface area contributed by atoms with Crippen molar-refractivity contribution in [1.29, 1.82) is 0 Å². The van der Waals surface area contributed by atoms with Crippen molar-refractivity contribution >= 4 is 11.3 Å². The second kappa shape index (κ2) is 5.66. The first kappa shape index (κ1) is 11.2. The topological polar surface area (TPSA) is 20.2 Å². The van der Waals surface area contributed by atoms with Crippen LogP contribution in [0.3, 0.4) is 0 Å². The van der Waals surface area contributed by atoms with Gasteiger partial charge in [-0.25, -0.2) is 0 Å². The van der Waals surface area contributed by atoms with Gasteiger partial charge in [-0.1, -0.05) is 25.3 Å². The molecule has 0 spiro atoms. The minimum absolute atomic E-state index is 0.0270. The third-order valence-electron chi connectivity index (χ3n) is 3.38. The molecule has 2 atom stereocenters. The maximum absolute atomic E-state index is 9.72. The number of hydrogen-bond acceptors (Lipinski definition) is 2. The summed E-state index contributed by atoms with van der Waals surface area (Å²) in [6.07, 6.45) is 8.35. The molecule has 2 unspecified atom stereocenters. The molecule has 15 heavy (non-hydrogen) atoms. The van der Waals surface area contributed by atoms with Crippen LogP contribution in [-0.4, -0.2) is 11.2 Å². The van der Waals surface area contributed by atoms with E-state index in [1.807, 2.05) is 11.3 Å². The highest BCUT2D eigenvalue weighted by Crippen LogP contribution is 2.27. The molecule has 2 rings (SSSR count). The number of aryl methyl sites for hydroxylation is 1. The van der Waals surface area contributed by atoms with Crippen molar-refractivity contribution < 1.29 is 5.11 Å². The Bertz CT molecular complexity index is 268. The zero-order valence-corrected chi connectivity index (χ0v) is 10.0. The van der Waals surface area contributed by atoms with Gasteiger partial charge in [0, 0.05) is 4.88 Å². The molecule has 0 radical (unpaired) electrons. The summed E-state index contributed by atoms with van der Waals surface area (Å²) in [7, 11) is 0. The molecule has 0 amide bonds. The molecule has 0 aliphatic heterocycles. The Balaban J connectivity index is 1.78. The first-order valence-corrected chi connectivity index (χ1v) is 6.93. The quantitative estimate of drug-likeness (QED) is 0.777. The third kappa shape index (κ3) is 3.62. The van der Waals surface area contributed by atoms with Crippen LogP contribution in [-0.2, 0) is 6.42 Å². The number of hydrogen-bond donors (Lipinski definition) is 1. The summed E-state index contributed by atoms with van der Waals surface area (Å²) in [6.45, 7) is 0. The van der Waals surface area contributed by atoms with Crippen LogP contribution in [0.25, 0.3) is 0 Å². The normalized spacial score (nSPS) is 27.5. The minimum atomic E-state index is -0.0270. The van der Waals surface area contributed by atoms with E-state index in [1.54, 1.807) is 0 Å². The average molecular weight is 224 g/mol. The highest BCUT2D eigenvalue weighted by Gasteiger charge is 2.18. The molecular formula is C13H20OS. The molecule has 1 aromatic heterocycles. The largest absolute Gasteiger partial charge is 0.393 e. The van der Waals surface area contributed by atoms with Crippen LogP contribution in [0.4, 0.5) is 0 Å². The minimum Gasteiger partial charge on any atom is -0.393 e. The zero-order chi connectivity index (χ0) is 10.5. The van der Waals surface area contributed by atoms with Gasteiger partial charge in [-0.15, -0.1) is 11.3 Å². The van der Waals surface area contributed by atoms with Gasteiger partial charge in [-0.3, -0.25) is 0 Å². The highest BCUT2D eigenvalue weighted by molar-refractivity contribution is 7.09. The van der Waals surface area contributed by atoms with E-state index in [1.165, 1.54) is 37.0 Å². The Labute approximate surface area is 96.1 Å². The van der Waals surface area contributed by atoms with Gasteiger partial charge in [-0.05, 0) is 43.0 Å². The van der Waals surface area contributed by atoms with Crippen molar-refractivity contribution in [3.63, 3.8) is 0 Å². The zero-order valence-electron chi connectivity index (χ0n) is 9.19. The Kier molecular flexibility index (Phi) is 4.21. The molecule has 1 aliphatic carbocycles. The fourth-order valence-corrected chi connectivity index (χ4v) is 3.22. The molecule has 84 valence electrons. The van der Waals surface area contributed by atoms with Crippen LogP contribution in [0, 0.1) is 5.92 Å². The first-order valence-electron chi connectivity index (χ1n) is 6.05. The predicted molar refractivity (Wildman–Crippen MR) is 65.2 cm³/mol. The summed E-state index contributed by atoms with van der Waals surface area (Å²) in [5.41, 5.74) is 0. The molecule has 1 fully saturated rings. The van der Waals surface area contributed by atoms with Crippen molar-refractivity contribution in [2.24, 2.45) is 5.92 Å². The number of rotatable bonds is 3. The van der Waals surface area contributed by atoms with E-state index in [0.717, 1.165) is 18.8 Å². The van der Waals surface area contributed by atoms with E-state index in [0.29, 0.717) is 0 Å². The average Bonchev–Trinajstić information content (AvgIpc) is 2.65. The van der Waals surface area contributed by atoms with Crippen LogP contribution in [0.5, 0.6) is 0 Å². The Morgan fingerprint density at radius 1 is 1.33 bits per heavy atom. The summed E-state index contributed by atoms with van der Waals surface area (Å²) >= 11 is 1.86. The maximum atomic E-state index is 9.72. The van der Waals surface area contributed by atoms with E-state index in [-0.39, 0.29) is 6.10 Å². The SMILES string of the molecule is OC1CCCCC(CCc2cccs2)C1. The van der Waals surface area contributed by atoms with E-state index in [4.69, 9.17) is 0 Å². The molecule has 1 nitrogen and oxygen atoms in total. The molecule has 1 aromatic rings. The van der Waals surface area contributed by atoms with Crippen LogP contribution < -0.4 is 0 Å². The fourth-order valence-electron chi connectivity index (χ4n) is 2.50. The maximum Gasteiger partial charge on any atom is 0.0542 e. The molecule has 1 saturated carbocycles. The van der Waals surface area contributed by atoms with Crippen LogP contribution >= 0.6 is 11.3 Å². The van der Waals surface area contributed by atoms with E-state index < -0.39 is 0 Å². The Morgan fingerprint density at radius 2 is 2.20 bits per heavy atom. The number of thiophene rings is 1. The lowest BCUT2D eigenvalue weighted by Gasteiger charge is -2.15. The monoisotopic (exact) mass is 224 g/mol. The smallest absolute Gasteiger partial charge is 0.0542 e. The highest BCUT2D eigenvalue weighted by atomic mass is 32.1. The van der Waals surface area contributed by atoms with Gasteiger partial charge in [0.2, 0.25) is 0 Å². The van der Waals surface area contributed by atoms with Gasteiger partial charge >= 0.3 is 0 Å². The molecule has 0 bridgehead atoms. The number of aliphatic hydroxyl groups excluding tert-OH is 1. The van der Waals surface area contributed by atoms with Crippen molar-refractivity contribution in [1.82, 2.24) is 0 Å². The standard InChI is InChI=1S/C13H20OS/c14-12-5-2-1-4-11(10-12)7-8-13-6-3-9-15-13/h3,6,9,11-12,14H,1-2,4-5,7-8,10H2. The summed E-state index contributed by atoms with van der Waals surface area (Å²) < 4.78 is 0. The van der Waals surface area contributed by atoms with Gasteiger partial charge in [-0.2, -0.15) is 0 Å². The van der Waals surface area contributed by atoms with Gasteiger partial charge in [0.15, 0.2) is 0 Å². The van der Waals surface area contributed by atoms with Crippen molar-refractivity contribution in [2.45, 2.75) is 51.0 Å². The van der Waals surface area contributed by atoms with Gasteiger partial charge in [0.05, 0.1) is 6.10 Å². The second-order valence-corrected chi connectivity index (χ2v) is 5.69. The molecule has 1 heterocycles. The molecule has 1 aliphatic rings. The van der Waals surface area contributed by atoms with E-state index in [9.17, 15) is 5.11 Å². The molecule has 2 heteroatoms. The van der Waals surface area contributed by atoms with Crippen LogP contribution in [0.1, 0.15) is 43.4 Å². The molecular weight excluding hydrogens is 204 g/mol. The van der Waals surface area contributed by atoms with Crippen LogP contribution in [0.15, 0.2) is 17.5 Å². The molecule has 0 saturated heterocycles. The third-order valence-corrected chi connectivity index (χ3v) is 4.32. The van der Waals surface area contributed by atoms with Gasteiger partial charge in [0.25, 0.3) is 0 Å². The summed E-state index contributed by atoms with van der Waals surface area (Å²) in [6, 6.07) is 4.35. The summed E-state index contributed by atoms with van der Waals surface area (Å²) in [5.74, 6) is 0.754. The Morgan fingerprint density at radius 3 is 3.00 bits per heavy atom. The Hall–Kier alpha value is -0.340. The van der Waals surface area contributed by atoms with Crippen molar-refractivity contribution in [3.05, 3.63) is 22.4 Å². The summed E-state index contributed by atoms with van der Waals surface area (Å²) in [4.78, 5) is 1.49. The van der Waals surface area contributed by atoms with Crippen molar-refractivity contribution in [2.75, 3.05) is 0 Å². The van der Waals surface area contributed by atoms with Gasteiger partial charge < -0.3 is 5.11 Å². The number of aliphatic hydroxyl groups is 1. The lowest BCUT2D eigenvalue weighted by atomic mass is 9.94. The molecule has 1 N–H and O–H groups in total. The van der Waals surface area contributed by atoms with Crippen molar-refractivity contribution in [3.8, 4) is 0 Å². The lowest BCUT2D eigenvalue weighted by Crippen LogP contribution is -2.11. The van der Waals surface area contributed by atoms with Crippen LogP contribution in [0.2, 0.25) is 0 Å². The predicted octanol–water partition coefficient (Wildman–Crippen LogP) is 3.62. The van der Waals surface area contributed by atoms with E-state index >= 15 is 0 Å². The van der Waals surface area contributed by atoms with Gasteiger partial charge in [0.1, 0.15) is 0 Å². The first-order chi connectivity index (χ1) is 7.34. The van der Waals surface area contributed by atoms with E-state index in [2.05, 4.69) is 17.5 Å². The summed E-state index contributed by atoms with van der Waals surface area (Å²) in [5, 5.41) is 11.9. The lowest BCUT2D eigenvalue weighted by molar-refractivity contribution is 0.139.